The highest BCUT2D eigenvalue weighted by atomic mass is 35.5. The van der Waals surface area contributed by atoms with Crippen LogP contribution in [0.1, 0.15) is 55.1 Å². The molecule has 1 fully saturated rings. The van der Waals surface area contributed by atoms with E-state index in [0.717, 1.165) is 6.42 Å². The maximum atomic E-state index is 11.9. The van der Waals surface area contributed by atoms with Crippen molar-refractivity contribution in [2.45, 2.75) is 51.5 Å². The van der Waals surface area contributed by atoms with E-state index in [1.54, 1.807) is 12.1 Å². The topological polar surface area (TPSA) is 46.2 Å². The van der Waals surface area contributed by atoms with Crippen molar-refractivity contribution in [2.75, 3.05) is 0 Å². The first-order chi connectivity index (χ1) is 9.56. The van der Waals surface area contributed by atoms with E-state index in [4.69, 9.17) is 11.6 Å². The number of ketones is 1. The number of nitrogens with one attached hydrogen (secondary N) is 1. The highest BCUT2D eigenvalue weighted by molar-refractivity contribution is 7.18. The summed E-state index contributed by atoms with van der Waals surface area (Å²) in [5.74, 6) is 0.521. The van der Waals surface area contributed by atoms with Crippen molar-refractivity contribution >= 4 is 34.6 Å². The summed E-state index contributed by atoms with van der Waals surface area (Å²) in [6, 6.07) is 3.71. The number of hydrogen-bond donors (Lipinski definition) is 1. The first kappa shape index (κ1) is 15.5. The average Bonchev–Trinajstić information content (AvgIpc) is 2.85. The quantitative estimate of drug-likeness (QED) is 0.833. The van der Waals surface area contributed by atoms with E-state index in [0.29, 0.717) is 15.1 Å². The Balaban J connectivity index is 1.76. The molecule has 0 aliphatic heterocycles. The van der Waals surface area contributed by atoms with E-state index in [1.807, 2.05) is 0 Å². The SMILES string of the molecule is C[C@H]1CCCC[C@@H]1NC(=O)CCC(=O)c1ccc(Cl)s1. The molecule has 110 valence electrons. The van der Waals surface area contributed by atoms with Gasteiger partial charge in [0.25, 0.3) is 0 Å². The molecule has 0 aromatic carbocycles. The molecule has 0 unspecified atom stereocenters. The Labute approximate surface area is 128 Å². The second kappa shape index (κ2) is 7.23. The van der Waals surface area contributed by atoms with Gasteiger partial charge in [-0.1, -0.05) is 31.4 Å². The molecule has 1 aliphatic carbocycles. The predicted octanol–water partition coefficient (Wildman–Crippen LogP) is 4.06. The van der Waals surface area contributed by atoms with Crippen LogP contribution in [0.15, 0.2) is 12.1 Å². The third-order valence-corrected chi connectivity index (χ3v) is 5.16. The summed E-state index contributed by atoms with van der Waals surface area (Å²) in [6.07, 6.45) is 5.19. The van der Waals surface area contributed by atoms with E-state index < -0.39 is 0 Å². The van der Waals surface area contributed by atoms with Crippen LogP contribution in [0.4, 0.5) is 0 Å². The van der Waals surface area contributed by atoms with Gasteiger partial charge in [-0.2, -0.15) is 0 Å². The van der Waals surface area contributed by atoms with E-state index in [2.05, 4.69) is 12.2 Å². The van der Waals surface area contributed by atoms with Gasteiger partial charge >= 0.3 is 0 Å². The molecule has 5 heteroatoms. The molecule has 0 radical (unpaired) electrons. The van der Waals surface area contributed by atoms with Gasteiger partial charge < -0.3 is 5.32 Å². The molecule has 1 saturated carbocycles. The van der Waals surface area contributed by atoms with Crippen LogP contribution in [0.25, 0.3) is 0 Å². The molecule has 0 bridgehead atoms. The Kier molecular flexibility index (Phi) is 5.61. The number of halogens is 1. The van der Waals surface area contributed by atoms with Crippen LogP contribution in [-0.4, -0.2) is 17.7 Å². The third kappa shape index (κ3) is 4.32. The van der Waals surface area contributed by atoms with E-state index in [1.165, 1.54) is 30.6 Å². The Bertz CT molecular complexity index is 486. The molecule has 1 amide bonds. The molecule has 20 heavy (non-hydrogen) atoms. The van der Waals surface area contributed by atoms with Gasteiger partial charge in [0.2, 0.25) is 5.91 Å². The molecular formula is C15H20ClNO2S. The minimum Gasteiger partial charge on any atom is -0.353 e. The van der Waals surface area contributed by atoms with E-state index in [9.17, 15) is 9.59 Å². The lowest BCUT2D eigenvalue weighted by Crippen LogP contribution is -2.41. The second-order valence-electron chi connectivity index (χ2n) is 5.46. The number of hydrogen-bond acceptors (Lipinski definition) is 3. The fraction of sp³-hybridized carbons (Fsp3) is 0.600. The Morgan fingerprint density at radius 2 is 2.05 bits per heavy atom. The summed E-state index contributed by atoms with van der Waals surface area (Å²) < 4.78 is 0.605. The zero-order valence-corrected chi connectivity index (χ0v) is 13.2. The van der Waals surface area contributed by atoms with Crippen LogP contribution in [0, 0.1) is 5.92 Å². The summed E-state index contributed by atoms with van der Waals surface area (Å²) >= 11 is 7.07. The average molecular weight is 314 g/mol. The highest BCUT2D eigenvalue weighted by Gasteiger charge is 2.23. The molecule has 3 nitrogen and oxygen atoms in total. The Morgan fingerprint density at radius 1 is 1.30 bits per heavy atom. The van der Waals surface area contributed by atoms with Gasteiger partial charge in [0, 0.05) is 18.9 Å². The molecule has 1 aliphatic rings. The summed E-state index contributed by atoms with van der Waals surface area (Å²) in [7, 11) is 0. The van der Waals surface area contributed by atoms with Gasteiger partial charge in [-0.05, 0) is 30.9 Å². The van der Waals surface area contributed by atoms with Crippen LogP contribution in [0.2, 0.25) is 4.34 Å². The van der Waals surface area contributed by atoms with Gasteiger partial charge in [-0.25, -0.2) is 0 Å². The highest BCUT2D eigenvalue weighted by Crippen LogP contribution is 2.24. The maximum Gasteiger partial charge on any atom is 0.220 e. The summed E-state index contributed by atoms with van der Waals surface area (Å²) in [5, 5.41) is 3.07. The number of carbonyl (C=O) groups is 2. The van der Waals surface area contributed by atoms with Crippen LogP contribution in [0.5, 0.6) is 0 Å². The minimum absolute atomic E-state index is 0.00579. The van der Waals surface area contributed by atoms with Crippen molar-refractivity contribution in [3.63, 3.8) is 0 Å². The molecule has 1 aromatic heterocycles. The Morgan fingerprint density at radius 3 is 2.70 bits per heavy atom. The van der Waals surface area contributed by atoms with Gasteiger partial charge in [-0.15, -0.1) is 11.3 Å². The lowest BCUT2D eigenvalue weighted by atomic mass is 9.86. The summed E-state index contributed by atoms with van der Waals surface area (Å²) in [6.45, 7) is 2.18. The standard InChI is InChI=1S/C15H20ClNO2S/c1-10-4-2-3-5-11(10)17-15(19)9-6-12(18)13-7-8-14(16)20-13/h7-8,10-11H,2-6,9H2,1H3,(H,17,19)/t10-,11-/m0/s1. The normalized spacial score (nSPS) is 22.5. The fourth-order valence-electron chi connectivity index (χ4n) is 2.62. The zero-order chi connectivity index (χ0) is 14.5. The maximum absolute atomic E-state index is 11.9. The van der Waals surface area contributed by atoms with Crippen molar-refractivity contribution < 1.29 is 9.59 Å². The number of carbonyl (C=O) groups excluding carboxylic acids is 2. The number of rotatable bonds is 5. The van der Waals surface area contributed by atoms with Crippen LogP contribution in [0.3, 0.4) is 0 Å². The van der Waals surface area contributed by atoms with Crippen molar-refractivity contribution in [3.8, 4) is 0 Å². The molecule has 2 atom stereocenters. The van der Waals surface area contributed by atoms with Crippen molar-refractivity contribution in [1.29, 1.82) is 0 Å². The predicted molar refractivity (Wildman–Crippen MR) is 82.5 cm³/mol. The first-order valence-electron chi connectivity index (χ1n) is 7.14. The number of thiophene rings is 1. The van der Waals surface area contributed by atoms with Crippen LogP contribution in [-0.2, 0) is 4.79 Å². The number of amides is 1. The molecule has 1 N–H and O–H groups in total. The van der Waals surface area contributed by atoms with E-state index >= 15 is 0 Å². The zero-order valence-electron chi connectivity index (χ0n) is 11.7. The van der Waals surface area contributed by atoms with Crippen molar-refractivity contribution in [3.05, 3.63) is 21.3 Å². The molecule has 0 spiro atoms. The van der Waals surface area contributed by atoms with Gasteiger partial charge in [0.1, 0.15) is 0 Å². The molecule has 1 heterocycles. The van der Waals surface area contributed by atoms with Gasteiger partial charge in [-0.3, -0.25) is 9.59 Å². The molecule has 2 rings (SSSR count). The first-order valence-corrected chi connectivity index (χ1v) is 8.33. The fourth-order valence-corrected chi connectivity index (χ4v) is 3.63. The lowest BCUT2D eigenvalue weighted by molar-refractivity contribution is -0.122. The third-order valence-electron chi connectivity index (χ3n) is 3.89. The largest absolute Gasteiger partial charge is 0.353 e. The molecule has 1 aromatic rings. The van der Waals surface area contributed by atoms with Gasteiger partial charge in [0.15, 0.2) is 5.78 Å². The van der Waals surface area contributed by atoms with Crippen LogP contribution >= 0.6 is 22.9 Å². The number of Topliss-reactive ketones (excluding diaryl/α,β-unsaturated/α-hetero) is 1. The summed E-state index contributed by atoms with van der Waals surface area (Å²) in [4.78, 5) is 24.4. The minimum atomic E-state index is -0.0141. The summed E-state index contributed by atoms with van der Waals surface area (Å²) in [5.41, 5.74) is 0. The smallest absolute Gasteiger partial charge is 0.220 e. The Hall–Kier alpha value is -0.870. The molecule has 0 saturated heterocycles. The lowest BCUT2D eigenvalue weighted by Gasteiger charge is -2.29. The van der Waals surface area contributed by atoms with Crippen molar-refractivity contribution in [2.24, 2.45) is 5.92 Å². The van der Waals surface area contributed by atoms with Gasteiger partial charge in [0.05, 0.1) is 9.21 Å². The van der Waals surface area contributed by atoms with E-state index in [-0.39, 0.29) is 30.6 Å². The molecular weight excluding hydrogens is 294 g/mol. The van der Waals surface area contributed by atoms with Crippen LogP contribution < -0.4 is 5.32 Å². The second-order valence-corrected chi connectivity index (χ2v) is 7.18. The van der Waals surface area contributed by atoms with Crippen molar-refractivity contribution in [1.82, 2.24) is 5.32 Å². The monoisotopic (exact) mass is 313 g/mol.